The highest BCUT2D eigenvalue weighted by atomic mass is 19.3. The van der Waals surface area contributed by atoms with Crippen molar-refractivity contribution < 1.29 is 23.8 Å². The fourth-order valence-electron chi connectivity index (χ4n) is 3.84. The lowest BCUT2D eigenvalue weighted by Gasteiger charge is -2.20. The predicted octanol–water partition coefficient (Wildman–Crippen LogP) is 5.90. The van der Waals surface area contributed by atoms with Crippen molar-refractivity contribution in [1.29, 1.82) is 0 Å². The van der Waals surface area contributed by atoms with E-state index in [9.17, 15) is 23.8 Å². The SMILES string of the molecule is CC.CC(=O)CCC/C=C\C[C@@H]1[C@@H](C=CC(F)(F)CCc2ccccc2)[C@H](O)C[C@@H]1O. The van der Waals surface area contributed by atoms with Gasteiger partial charge in [-0.1, -0.05) is 62.4 Å². The van der Waals surface area contributed by atoms with Crippen molar-refractivity contribution in [2.75, 3.05) is 0 Å². The molecule has 4 atom stereocenters. The van der Waals surface area contributed by atoms with E-state index >= 15 is 0 Å². The molecule has 2 N–H and O–H groups in total. The third kappa shape index (κ3) is 10.3. The zero-order chi connectivity index (χ0) is 23.3. The summed E-state index contributed by atoms with van der Waals surface area (Å²) < 4.78 is 28.6. The number of unbranched alkanes of at least 4 members (excludes halogenated alkanes) is 1. The second kappa shape index (κ2) is 14.3. The van der Waals surface area contributed by atoms with Gasteiger partial charge in [-0.05, 0) is 50.2 Å². The Morgan fingerprint density at radius 1 is 1.13 bits per heavy atom. The molecule has 0 unspecified atom stereocenters. The lowest BCUT2D eigenvalue weighted by Crippen LogP contribution is -2.21. The molecule has 0 aromatic heterocycles. The summed E-state index contributed by atoms with van der Waals surface area (Å²) in [5.41, 5.74) is 0.865. The summed E-state index contributed by atoms with van der Waals surface area (Å²) in [6.07, 6.45) is 7.42. The molecular weight excluding hydrogens is 398 g/mol. The van der Waals surface area contributed by atoms with Crippen molar-refractivity contribution in [3.8, 4) is 0 Å². The number of aliphatic hydroxyl groups is 2. The van der Waals surface area contributed by atoms with Crippen LogP contribution in [0.1, 0.15) is 64.9 Å². The number of Topliss-reactive ketones (excluding diaryl/α,β-unsaturated/α-hetero) is 1. The number of ketones is 1. The Labute approximate surface area is 185 Å². The number of carbonyl (C=O) groups excluding carboxylic acids is 1. The van der Waals surface area contributed by atoms with E-state index in [1.165, 1.54) is 6.08 Å². The van der Waals surface area contributed by atoms with Crippen molar-refractivity contribution >= 4 is 5.78 Å². The van der Waals surface area contributed by atoms with Crippen molar-refractivity contribution in [2.24, 2.45) is 11.8 Å². The summed E-state index contributed by atoms with van der Waals surface area (Å²) >= 11 is 0. The second-order valence-electron chi connectivity index (χ2n) is 8.02. The minimum Gasteiger partial charge on any atom is -0.393 e. The molecule has 1 aliphatic rings. The largest absolute Gasteiger partial charge is 0.393 e. The molecule has 1 saturated carbocycles. The number of aryl methyl sites for hydroxylation is 1. The van der Waals surface area contributed by atoms with E-state index in [2.05, 4.69) is 0 Å². The van der Waals surface area contributed by atoms with Gasteiger partial charge in [0.1, 0.15) is 5.78 Å². The van der Waals surface area contributed by atoms with E-state index in [1.54, 1.807) is 6.92 Å². The fourth-order valence-corrected chi connectivity index (χ4v) is 3.84. The van der Waals surface area contributed by atoms with E-state index < -0.39 is 24.0 Å². The Morgan fingerprint density at radius 3 is 2.45 bits per heavy atom. The van der Waals surface area contributed by atoms with Crippen LogP contribution in [0.3, 0.4) is 0 Å². The Hall–Kier alpha value is -1.85. The van der Waals surface area contributed by atoms with Crippen molar-refractivity contribution in [2.45, 2.75) is 83.8 Å². The predicted molar refractivity (Wildman–Crippen MR) is 122 cm³/mol. The van der Waals surface area contributed by atoms with Crippen LogP contribution in [0, 0.1) is 11.8 Å². The Morgan fingerprint density at radius 2 is 1.81 bits per heavy atom. The standard InChI is InChI=1S/C24H32F2O3.C2H6/c1-18(27)9-5-2-3-8-12-20-21(23(29)17-22(20)28)14-16-24(25,26)15-13-19-10-6-4-7-11-19;1-2/h3-4,6-8,10-11,14,16,20-23,28-29H,2,5,9,12-13,15,17H2,1H3;1-2H3/b8-3-,16-14?;/t20-,21-,22+,23-;/m1./s1. The molecular formula is C26H38F2O3. The van der Waals surface area contributed by atoms with Gasteiger partial charge in [-0.25, -0.2) is 8.78 Å². The molecule has 0 heterocycles. The number of aliphatic hydroxyl groups excluding tert-OH is 2. The zero-order valence-corrected chi connectivity index (χ0v) is 19.0. The molecule has 5 heteroatoms. The second-order valence-corrected chi connectivity index (χ2v) is 8.02. The van der Waals surface area contributed by atoms with Crippen LogP contribution in [-0.2, 0) is 11.2 Å². The highest BCUT2D eigenvalue weighted by Gasteiger charge is 2.40. The number of hydrogen-bond acceptors (Lipinski definition) is 3. The first kappa shape index (κ1) is 27.2. The van der Waals surface area contributed by atoms with Gasteiger partial charge < -0.3 is 15.0 Å². The van der Waals surface area contributed by atoms with Gasteiger partial charge in [-0.15, -0.1) is 0 Å². The molecule has 1 aromatic rings. The third-order valence-electron chi connectivity index (χ3n) is 5.54. The Balaban J connectivity index is 0.00000233. The molecule has 0 radical (unpaired) electrons. The number of carbonyl (C=O) groups is 1. The van der Waals surface area contributed by atoms with E-state index in [0.717, 1.165) is 24.5 Å². The normalized spacial score (nSPS) is 23.8. The van der Waals surface area contributed by atoms with Crippen molar-refractivity contribution in [3.05, 3.63) is 60.2 Å². The first-order valence-corrected chi connectivity index (χ1v) is 11.4. The monoisotopic (exact) mass is 436 g/mol. The number of alkyl halides is 2. The fraction of sp³-hybridized carbons (Fsp3) is 0.577. The molecule has 1 aliphatic carbocycles. The van der Waals surface area contributed by atoms with E-state index in [1.807, 2.05) is 56.3 Å². The number of halogens is 2. The quantitative estimate of drug-likeness (QED) is 0.335. The first-order chi connectivity index (χ1) is 14.8. The highest BCUT2D eigenvalue weighted by molar-refractivity contribution is 5.75. The highest BCUT2D eigenvalue weighted by Crippen LogP contribution is 2.37. The lowest BCUT2D eigenvalue weighted by atomic mass is 9.89. The summed E-state index contributed by atoms with van der Waals surface area (Å²) in [4.78, 5) is 10.9. The van der Waals surface area contributed by atoms with Crippen LogP contribution >= 0.6 is 0 Å². The van der Waals surface area contributed by atoms with Gasteiger partial charge in [0.15, 0.2) is 0 Å². The van der Waals surface area contributed by atoms with Crippen LogP contribution in [0.15, 0.2) is 54.6 Å². The summed E-state index contributed by atoms with van der Waals surface area (Å²) in [5.74, 6) is -3.58. The maximum absolute atomic E-state index is 14.3. The number of allylic oxidation sites excluding steroid dienone is 3. The average Bonchev–Trinajstić information content (AvgIpc) is 3.02. The zero-order valence-electron chi connectivity index (χ0n) is 19.0. The molecule has 0 aliphatic heterocycles. The Bertz CT molecular complexity index is 685. The van der Waals surface area contributed by atoms with Gasteiger partial charge in [-0.3, -0.25) is 0 Å². The Kier molecular flexibility index (Phi) is 12.5. The van der Waals surface area contributed by atoms with Crippen LogP contribution in [0.25, 0.3) is 0 Å². The minimum atomic E-state index is -2.96. The van der Waals surface area contributed by atoms with Gasteiger partial charge in [0, 0.05) is 25.2 Å². The molecule has 0 spiro atoms. The summed E-state index contributed by atoms with van der Waals surface area (Å²) in [6.45, 7) is 5.56. The number of benzene rings is 1. The third-order valence-corrected chi connectivity index (χ3v) is 5.54. The average molecular weight is 437 g/mol. The van der Waals surface area contributed by atoms with Gasteiger partial charge in [-0.2, -0.15) is 0 Å². The summed E-state index contributed by atoms with van der Waals surface area (Å²) in [6, 6.07) is 9.17. The smallest absolute Gasteiger partial charge is 0.266 e. The minimum absolute atomic E-state index is 0.158. The molecule has 3 nitrogen and oxygen atoms in total. The van der Waals surface area contributed by atoms with Crippen LogP contribution in [0.4, 0.5) is 8.78 Å². The number of hydrogen-bond donors (Lipinski definition) is 2. The molecule has 1 aromatic carbocycles. The van der Waals surface area contributed by atoms with Crippen molar-refractivity contribution in [3.63, 3.8) is 0 Å². The molecule has 0 saturated heterocycles. The van der Waals surface area contributed by atoms with Gasteiger partial charge in [0.2, 0.25) is 0 Å². The lowest BCUT2D eigenvalue weighted by molar-refractivity contribution is -0.117. The molecule has 0 bridgehead atoms. The van der Waals surface area contributed by atoms with E-state index in [0.29, 0.717) is 12.8 Å². The van der Waals surface area contributed by atoms with Gasteiger partial charge in [0.25, 0.3) is 5.92 Å². The van der Waals surface area contributed by atoms with E-state index in [4.69, 9.17) is 0 Å². The maximum atomic E-state index is 14.3. The van der Waals surface area contributed by atoms with Crippen LogP contribution < -0.4 is 0 Å². The van der Waals surface area contributed by atoms with Crippen LogP contribution in [0.5, 0.6) is 0 Å². The topological polar surface area (TPSA) is 57.5 Å². The van der Waals surface area contributed by atoms with Gasteiger partial charge in [0.05, 0.1) is 12.2 Å². The molecule has 174 valence electrons. The molecule has 0 amide bonds. The van der Waals surface area contributed by atoms with Crippen LogP contribution in [0.2, 0.25) is 0 Å². The van der Waals surface area contributed by atoms with Crippen molar-refractivity contribution in [1.82, 2.24) is 0 Å². The molecule has 2 rings (SSSR count). The van der Waals surface area contributed by atoms with Gasteiger partial charge >= 0.3 is 0 Å². The summed E-state index contributed by atoms with van der Waals surface area (Å²) in [5, 5.41) is 20.4. The maximum Gasteiger partial charge on any atom is 0.266 e. The van der Waals surface area contributed by atoms with Crippen LogP contribution in [-0.4, -0.2) is 34.1 Å². The summed E-state index contributed by atoms with van der Waals surface area (Å²) in [7, 11) is 0. The molecule has 1 fully saturated rings. The molecule has 31 heavy (non-hydrogen) atoms. The van der Waals surface area contributed by atoms with E-state index in [-0.39, 0.29) is 31.0 Å². The number of rotatable bonds is 11. The first-order valence-electron chi connectivity index (χ1n) is 11.4.